The van der Waals surface area contributed by atoms with Gasteiger partial charge in [0, 0.05) is 6.04 Å². The number of benzene rings is 2. The third kappa shape index (κ3) is 4.88. The first-order valence-corrected chi connectivity index (χ1v) is 7.49. The first kappa shape index (κ1) is 19.3. The van der Waals surface area contributed by atoms with Crippen LogP contribution >= 0.6 is 12.4 Å². The molecule has 0 spiro atoms. The van der Waals surface area contributed by atoms with E-state index in [1.165, 1.54) is 16.7 Å². The Balaban J connectivity index is 0.00000264. The molecule has 2 aromatic rings. The van der Waals surface area contributed by atoms with E-state index in [1.807, 2.05) is 6.07 Å². The number of nitrogens with zero attached hydrogens (tertiary/aromatic N) is 1. The summed E-state index contributed by atoms with van der Waals surface area (Å²) in [5.74, 6) is 1.55. The van der Waals surface area contributed by atoms with Crippen molar-refractivity contribution < 1.29 is 9.47 Å². The average molecular weight is 336 g/mol. The molecule has 2 rings (SSSR count). The van der Waals surface area contributed by atoms with Crippen molar-refractivity contribution in [2.45, 2.75) is 19.4 Å². The van der Waals surface area contributed by atoms with Gasteiger partial charge in [-0.25, -0.2) is 0 Å². The predicted molar refractivity (Wildman–Crippen MR) is 98.1 cm³/mol. The number of aryl methyl sites for hydroxylation is 1. The molecule has 0 N–H and O–H groups in total. The second kappa shape index (κ2) is 8.80. The summed E-state index contributed by atoms with van der Waals surface area (Å²) in [6.07, 6.45) is 0.927. The minimum atomic E-state index is 0. The Labute approximate surface area is 145 Å². The van der Waals surface area contributed by atoms with E-state index in [9.17, 15) is 0 Å². The number of ether oxygens (including phenoxy) is 2. The van der Waals surface area contributed by atoms with Crippen molar-refractivity contribution in [3.05, 3.63) is 59.2 Å². The van der Waals surface area contributed by atoms with E-state index in [4.69, 9.17) is 9.47 Å². The van der Waals surface area contributed by atoms with Crippen molar-refractivity contribution >= 4 is 12.4 Å². The monoisotopic (exact) mass is 335 g/mol. The minimum absolute atomic E-state index is 0. The third-order valence-electron chi connectivity index (χ3n) is 3.96. The maximum absolute atomic E-state index is 5.40. The fourth-order valence-corrected chi connectivity index (χ4v) is 2.62. The Morgan fingerprint density at radius 3 is 2.04 bits per heavy atom. The fourth-order valence-electron chi connectivity index (χ4n) is 2.62. The summed E-state index contributed by atoms with van der Waals surface area (Å²) >= 11 is 0. The lowest BCUT2D eigenvalue weighted by Crippen LogP contribution is -2.22. The Kier molecular flexibility index (Phi) is 7.40. The second-order valence-electron chi connectivity index (χ2n) is 5.78. The molecule has 2 aromatic carbocycles. The van der Waals surface area contributed by atoms with Crippen molar-refractivity contribution in [2.24, 2.45) is 0 Å². The number of hydrogen-bond donors (Lipinski definition) is 0. The molecule has 0 aliphatic rings. The second-order valence-corrected chi connectivity index (χ2v) is 5.78. The summed E-state index contributed by atoms with van der Waals surface area (Å²) in [6.45, 7) is 2.11. The molecule has 4 heteroatoms. The molecule has 0 fully saturated rings. The van der Waals surface area contributed by atoms with Gasteiger partial charge < -0.3 is 14.4 Å². The van der Waals surface area contributed by atoms with Crippen LogP contribution in [0.25, 0.3) is 0 Å². The maximum Gasteiger partial charge on any atom is 0.160 e. The molecule has 0 saturated heterocycles. The quantitative estimate of drug-likeness (QED) is 0.786. The molecule has 3 nitrogen and oxygen atoms in total. The summed E-state index contributed by atoms with van der Waals surface area (Å²) in [7, 11) is 7.56. The molecular weight excluding hydrogens is 310 g/mol. The van der Waals surface area contributed by atoms with Crippen LogP contribution in [-0.2, 0) is 6.42 Å². The fraction of sp³-hybridized carbons (Fsp3) is 0.368. The summed E-state index contributed by atoms with van der Waals surface area (Å²) in [5, 5.41) is 0. The topological polar surface area (TPSA) is 21.7 Å². The van der Waals surface area contributed by atoms with Crippen molar-refractivity contribution in [3.8, 4) is 11.5 Å². The summed E-state index contributed by atoms with van der Waals surface area (Å²) in [4.78, 5) is 2.25. The highest BCUT2D eigenvalue weighted by atomic mass is 35.5. The molecule has 126 valence electrons. The highest BCUT2D eigenvalue weighted by Gasteiger charge is 2.16. The van der Waals surface area contributed by atoms with Gasteiger partial charge in [-0.2, -0.15) is 0 Å². The number of likely N-dealkylation sites (N-methyl/N-ethyl adjacent to an activating group) is 1. The SMILES string of the molecule is COc1ccc(CC(c2ccc(C)cc2)N(C)C)cc1OC.Cl. The Morgan fingerprint density at radius 1 is 0.913 bits per heavy atom. The lowest BCUT2D eigenvalue weighted by molar-refractivity contribution is 0.297. The molecule has 1 atom stereocenters. The Hall–Kier alpha value is -1.71. The van der Waals surface area contributed by atoms with E-state index >= 15 is 0 Å². The minimum Gasteiger partial charge on any atom is -0.493 e. The largest absolute Gasteiger partial charge is 0.493 e. The molecule has 0 aromatic heterocycles. The maximum atomic E-state index is 5.40. The molecule has 0 amide bonds. The Morgan fingerprint density at radius 2 is 1.52 bits per heavy atom. The van der Waals surface area contributed by atoms with Gasteiger partial charge in [0.1, 0.15) is 0 Å². The van der Waals surface area contributed by atoms with Gasteiger partial charge in [0.15, 0.2) is 11.5 Å². The summed E-state index contributed by atoms with van der Waals surface area (Å²) in [5.41, 5.74) is 3.84. The van der Waals surface area contributed by atoms with Crippen LogP contribution in [-0.4, -0.2) is 33.2 Å². The van der Waals surface area contributed by atoms with Crippen molar-refractivity contribution in [1.29, 1.82) is 0 Å². The Bertz CT molecular complexity index is 611. The van der Waals surface area contributed by atoms with Gasteiger partial charge in [-0.05, 0) is 50.7 Å². The van der Waals surface area contributed by atoms with Gasteiger partial charge in [0.05, 0.1) is 14.2 Å². The lowest BCUT2D eigenvalue weighted by atomic mass is 9.97. The van der Waals surface area contributed by atoms with Crippen LogP contribution in [0.15, 0.2) is 42.5 Å². The number of halogens is 1. The van der Waals surface area contributed by atoms with Crippen molar-refractivity contribution in [1.82, 2.24) is 4.90 Å². The van der Waals surface area contributed by atoms with E-state index in [1.54, 1.807) is 14.2 Å². The average Bonchev–Trinajstić information content (AvgIpc) is 2.53. The van der Waals surface area contributed by atoms with Crippen molar-refractivity contribution in [3.63, 3.8) is 0 Å². The third-order valence-corrected chi connectivity index (χ3v) is 3.96. The first-order chi connectivity index (χ1) is 10.5. The van der Waals surface area contributed by atoms with Crippen molar-refractivity contribution in [2.75, 3.05) is 28.3 Å². The number of hydrogen-bond acceptors (Lipinski definition) is 3. The number of rotatable bonds is 6. The molecule has 0 aliphatic carbocycles. The van der Waals surface area contributed by atoms with Gasteiger partial charge in [-0.15, -0.1) is 12.4 Å². The smallest absolute Gasteiger partial charge is 0.160 e. The van der Waals surface area contributed by atoms with Crippen LogP contribution in [0.3, 0.4) is 0 Å². The molecule has 0 saturated carbocycles. The predicted octanol–water partition coefficient (Wildman–Crippen LogP) is 4.28. The molecular formula is C19H26ClNO2. The van der Waals surface area contributed by atoms with E-state index in [0.29, 0.717) is 6.04 Å². The van der Waals surface area contributed by atoms with E-state index in [0.717, 1.165) is 17.9 Å². The van der Waals surface area contributed by atoms with E-state index in [-0.39, 0.29) is 12.4 Å². The molecule has 0 radical (unpaired) electrons. The molecule has 1 unspecified atom stereocenters. The highest BCUT2D eigenvalue weighted by molar-refractivity contribution is 5.85. The summed E-state index contributed by atoms with van der Waals surface area (Å²) in [6, 6.07) is 15.2. The van der Waals surface area contributed by atoms with Crippen LogP contribution in [0.5, 0.6) is 11.5 Å². The standard InChI is InChI=1S/C19H25NO2.ClH/c1-14-6-9-16(10-7-14)17(20(2)3)12-15-8-11-18(21-4)19(13-15)22-5;/h6-11,13,17H,12H2,1-5H3;1H. The number of methoxy groups -OCH3 is 2. The molecule has 0 heterocycles. The highest BCUT2D eigenvalue weighted by Crippen LogP contribution is 2.30. The van der Waals surface area contributed by atoms with Crippen LogP contribution in [0.2, 0.25) is 0 Å². The van der Waals surface area contributed by atoms with Crippen LogP contribution in [0, 0.1) is 6.92 Å². The lowest BCUT2D eigenvalue weighted by Gasteiger charge is -2.25. The normalized spacial score (nSPS) is 11.7. The van der Waals surface area contributed by atoms with Crippen LogP contribution in [0.1, 0.15) is 22.7 Å². The van der Waals surface area contributed by atoms with Crippen LogP contribution in [0.4, 0.5) is 0 Å². The van der Waals surface area contributed by atoms with Gasteiger partial charge >= 0.3 is 0 Å². The zero-order valence-electron chi connectivity index (χ0n) is 14.5. The van der Waals surface area contributed by atoms with Gasteiger partial charge in [-0.3, -0.25) is 0 Å². The molecule has 23 heavy (non-hydrogen) atoms. The van der Waals surface area contributed by atoms with Gasteiger partial charge in [0.2, 0.25) is 0 Å². The van der Waals surface area contributed by atoms with Gasteiger partial charge in [-0.1, -0.05) is 35.9 Å². The van der Waals surface area contributed by atoms with Crippen LogP contribution < -0.4 is 9.47 Å². The molecule has 0 aliphatic heterocycles. The molecule has 0 bridgehead atoms. The zero-order valence-corrected chi connectivity index (χ0v) is 15.3. The van der Waals surface area contributed by atoms with E-state index < -0.39 is 0 Å². The van der Waals surface area contributed by atoms with E-state index in [2.05, 4.69) is 62.3 Å². The first-order valence-electron chi connectivity index (χ1n) is 7.49. The zero-order chi connectivity index (χ0) is 16.1. The van der Waals surface area contributed by atoms with Gasteiger partial charge in [0.25, 0.3) is 0 Å². The summed E-state index contributed by atoms with van der Waals surface area (Å²) < 4.78 is 10.7.